The monoisotopic (exact) mass is 477 g/mol. The molecule has 1 heterocycles. The summed E-state index contributed by atoms with van der Waals surface area (Å²) in [5, 5.41) is 0.248. The lowest BCUT2D eigenvalue weighted by Crippen LogP contribution is -2.27. The Labute approximate surface area is 169 Å². The van der Waals surface area contributed by atoms with Gasteiger partial charge in [0.15, 0.2) is 0 Å². The number of nitrogens with zero attached hydrogens (tertiary/aromatic N) is 1. The molecule has 3 rings (SSSR count). The van der Waals surface area contributed by atoms with E-state index in [0.717, 1.165) is 21.3 Å². The van der Waals surface area contributed by atoms with Gasteiger partial charge in [-0.1, -0.05) is 62.2 Å². The number of carbonyl (C=O) groups is 2. The van der Waals surface area contributed by atoms with Crippen LogP contribution in [0.4, 0.5) is 5.69 Å². The average Bonchev–Trinajstić information content (AvgIpc) is 2.89. The standard InChI is InChI=1S/C20H17Br2NO3/c1-2-26-20(25)16(11-21)18-15-10-14(22)8-9-17(15)23(19(18)24)12-13-6-4-3-5-7-13/h3-10H,2,11-12H2,1H3/b18-16+. The predicted molar refractivity (Wildman–Crippen MR) is 109 cm³/mol. The Hall–Kier alpha value is -1.92. The minimum atomic E-state index is -0.472. The SMILES string of the molecule is CCOC(=O)/C(CBr)=C1/C(=O)N(Cc2ccccc2)c2ccc(Br)cc21. The Kier molecular flexibility index (Phi) is 5.94. The zero-order valence-corrected chi connectivity index (χ0v) is 17.3. The van der Waals surface area contributed by atoms with Crippen molar-refractivity contribution in [3.05, 3.63) is 69.7 Å². The summed E-state index contributed by atoms with van der Waals surface area (Å²) in [4.78, 5) is 27.3. The fourth-order valence-electron chi connectivity index (χ4n) is 2.96. The number of alkyl halides is 1. The number of fused-ring (bicyclic) bond motifs is 1. The molecule has 2 aromatic carbocycles. The number of anilines is 1. The summed E-state index contributed by atoms with van der Waals surface area (Å²) in [6.07, 6.45) is 0. The Morgan fingerprint density at radius 2 is 1.88 bits per heavy atom. The molecule has 0 saturated carbocycles. The van der Waals surface area contributed by atoms with Crippen molar-refractivity contribution in [3.8, 4) is 0 Å². The van der Waals surface area contributed by atoms with Crippen LogP contribution in [0, 0.1) is 0 Å². The van der Waals surface area contributed by atoms with E-state index in [4.69, 9.17) is 4.74 Å². The number of carbonyl (C=O) groups excluding carboxylic acids is 2. The van der Waals surface area contributed by atoms with Crippen molar-refractivity contribution < 1.29 is 14.3 Å². The third-order valence-corrected chi connectivity index (χ3v) is 5.17. The van der Waals surface area contributed by atoms with Gasteiger partial charge < -0.3 is 9.64 Å². The first-order chi connectivity index (χ1) is 12.6. The van der Waals surface area contributed by atoms with Crippen molar-refractivity contribution >= 4 is 55.0 Å². The number of benzene rings is 2. The summed E-state index contributed by atoms with van der Waals surface area (Å²) in [7, 11) is 0. The van der Waals surface area contributed by atoms with Crippen LogP contribution in [-0.2, 0) is 20.9 Å². The van der Waals surface area contributed by atoms with Crippen molar-refractivity contribution in [2.75, 3.05) is 16.8 Å². The summed E-state index contributed by atoms with van der Waals surface area (Å²) < 4.78 is 5.99. The fourth-order valence-corrected chi connectivity index (χ4v) is 3.83. The largest absolute Gasteiger partial charge is 0.463 e. The molecule has 0 radical (unpaired) electrons. The van der Waals surface area contributed by atoms with Crippen molar-refractivity contribution in [2.24, 2.45) is 0 Å². The maximum absolute atomic E-state index is 13.2. The predicted octanol–water partition coefficient (Wildman–Crippen LogP) is 4.71. The topological polar surface area (TPSA) is 46.6 Å². The highest BCUT2D eigenvalue weighted by atomic mass is 79.9. The molecule has 2 aromatic rings. The summed E-state index contributed by atoms with van der Waals surface area (Å²) in [5.74, 6) is -0.662. The molecule has 0 aromatic heterocycles. The first-order valence-corrected chi connectivity index (χ1v) is 10.1. The molecule has 0 aliphatic carbocycles. The van der Waals surface area contributed by atoms with E-state index in [1.165, 1.54) is 0 Å². The van der Waals surface area contributed by atoms with E-state index < -0.39 is 5.97 Å². The highest BCUT2D eigenvalue weighted by Crippen LogP contribution is 2.41. The van der Waals surface area contributed by atoms with Gasteiger partial charge in [0.05, 0.1) is 30.0 Å². The van der Waals surface area contributed by atoms with Crippen LogP contribution in [0.2, 0.25) is 0 Å². The average molecular weight is 479 g/mol. The van der Waals surface area contributed by atoms with Crippen molar-refractivity contribution in [1.29, 1.82) is 0 Å². The minimum Gasteiger partial charge on any atom is -0.463 e. The molecule has 6 heteroatoms. The minimum absolute atomic E-state index is 0.190. The van der Waals surface area contributed by atoms with Crippen LogP contribution in [0.5, 0.6) is 0 Å². The quantitative estimate of drug-likeness (QED) is 0.355. The molecule has 0 atom stereocenters. The lowest BCUT2D eigenvalue weighted by Gasteiger charge is -2.17. The van der Waals surface area contributed by atoms with Crippen LogP contribution >= 0.6 is 31.9 Å². The van der Waals surface area contributed by atoms with Gasteiger partial charge in [0.2, 0.25) is 0 Å². The molecular weight excluding hydrogens is 462 g/mol. The summed E-state index contributed by atoms with van der Waals surface area (Å²) in [6, 6.07) is 15.4. The van der Waals surface area contributed by atoms with Gasteiger partial charge in [0, 0.05) is 15.4 Å². The van der Waals surface area contributed by atoms with Gasteiger partial charge >= 0.3 is 5.97 Å². The first-order valence-electron chi connectivity index (χ1n) is 8.18. The van der Waals surface area contributed by atoms with Gasteiger partial charge in [0.25, 0.3) is 5.91 Å². The molecule has 0 N–H and O–H groups in total. The van der Waals surface area contributed by atoms with Gasteiger partial charge in [0.1, 0.15) is 0 Å². The molecule has 134 valence electrons. The summed E-state index contributed by atoms with van der Waals surface area (Å²) >= 11 is 6.80. The second-order valence-electron chi connectivity index (χ2n) is 5.75. The summed E-state index contributed by atoms with van der Waals surface area (Å²) in [5.41, 5.74) is 3.29. The number of esters is 1. The molecule has 0 bridgehead atoms. The Balaban J connectivity index is 2.11. The lowest BCUT2D eigenvalue weighted by molar-refractivity contribution is -0.138. The van der Waals surface area contributed by atoms with Gasteiger partial charge in [-0.2, -0.15) is 0 Å². The maximum atomic E-state index is 13.2. The van der Waals surface area contributed by atoms with Crippen molar-refractivity contribution in [1.82, 2.24) is 0 Å². The molecule has 0 saturated heterocycles. The number of hydrogen-bond donors (Lipinski definition) is 0. The summed E-state index contributed by atoms with van der Waals surface area (Å²) in [6.45, 7) is 2.45. The first kappa shape index (κ1) is 18.9. The Morgan fingerprint density at radius 3 is 2.54 bits per heavy atom. The number of ether oxygens (including phenoxy) is 1. The normalized spacial score (nSPS) is 15.0. The molecule has 1 amide bonds. The third-order valence-electron chi connectivity index (χ3n) is 4.12. The van der Waals surface area contributed by atoms with E-state index in [0.29, 0.717) is 17.7 Å². The van der Waals surface area contributed by atoms with Gasteiger partial charge in [-0.15, -0.1) is 0 Å². The molecule has 0 fully saturated rings. The van der Waals surface area contributed by atoms with Crippen molar-refractivity contribution in [2.45, 2.75) is 13.5 Å². The number of halogens is 2. The molecule has 1 aliphatic rings. The van der Waals surface area contributed by atoms with Crippen LogP contribution in [0.1, 0.15) is 18.1 Å². The number of amides is 1. The Bertz CT molecular complexity index is 878. The van der Waals surface area contributed by atoms with Crippen molar-refractivity contribution in [3.63, 3.8) is 0 Å². The van der Waals surface area contributed by atoms with E-state index >= 15 is 0 Å². The number of hydrogen-bond acceptors (Lipinski definition) is 3. The molecule has 0 unspecified atom stereocenters. The zero-order chi connectivity index (χ0) is 18.7. The molecule has 0 spiro atoms. The van der Waals surface area contributed by atoms with Crippen LogP contribution < -0.4 is 4.90 Å². The Morgan fingerprint density at radius 1 is 1.15 bits per heavy atom. The second-order valence-corrected chi connectivity index (χ2v) is 7.22. The van der Waals surface area contributed by atoms with E-state index in [1.807, 2.05) is 48.5 Å². The zero-order valence-electron chi connectivity index (χ0n) is 14.2. The fraction of sp³-hybridized carbons (Fsp3) is 0.200. The van der Waals surface area contributed by atoms with E-state index in [9.17, 15) is 9.59 Å². The van der Waals surface area contributed by atoms with Crippen LogP contribution in [0.15, 0.2) is 58.6 Å². The molecule has 26 heavy (non-hydrogen) atoms. The molecule has 4 nitrogen and oxygen atoms in total. The molecule has 1 aliphatic heterocycles. The van der Waals surface area contributed by atoms with Crippen LogP contribution in [0.25, 0.3) is 5.57 Å². The van der Waals surface area contributed by atoms with Gasteiger partial charge in [-0.3, -0.25) is 4.79 Å². The highest BCUT2D eigenvalue weighted by Gasteiger charge is 2.36. The van der Waals surface area contributed by atoms with Gasteiger partial charge in [-0.05, 0) is 30.7 Å². The van der Waals surface area contributed by atoms with Crippen LogP contribution in [0.3, 0.4) is 0 Å². The number of rotatable bonds is 5. The third kappa shape index (κ3) is 3.62. The molecular formula is C20H17Br2NO3. The maximum Gasteiger partial charge on any atom is 0.335 e. The second kappa shape index (κ2) is 8.18. The highest BCUT2D eigenvalue weighted by molar-refractivity contribution is 9.10. The lowest BCUT2D eigenvalue weighted by atomic mass is 10.0. The van der Waals surface area contributed by atoms with E-state index in [2.05, 4.69) is 31.9 Å². The van der Waals surface area contributed by atoms with E-state index in [1.54, 1.807) is 11.8 Å². The smallest absolute Gasteiger partial charge is 0.335 e. The van der Waals surface area contributed by atoms with E-state index in [-0.39, 0.29) is 17.8 Å². The van der Waals surface area contributed by atoms with Gasteiger partial charge in [-0.25, -0.2) is 4.79 Å². The van der Waals surface area contributed by atoms with Crippen LogP contribution in [-0.4, -0.2) is 23.8 Å².